The second-order valence-electron chi connectivity index (χ2n) is 6.97. The van der Waals surface area contributed by atoms with Gasteiger partial charge in [0.05, 0.1) is 6.54 Å². The number of halogens is 2. The van der Waals surface area contributed by atoms with Crippen molar-refractivity contribution in [1.82, 2.24) is 4.90 Å². The molecule has 0 radical (unpaired) electrons. The van der Waals surface area contributed by atoms with Gasteiger partial charge in [-0.3, -0.25) is 14.5 Å². The average molecular weight is 423 g/mol. The molecule has 31 heavy (non-hydrogen) atoms. The highest BCUT2D eigenvalue weighted by Crippen LogP contribution is 2.18. The number of nitrogens with one attached hydrogen (secondary N) is 2. The van der Waals surface area contributed by atoms with Crippen LogP contribution in [0, 0.1) is 11.6 Å². The van der Waals surface area contributed by atoms with Gasteiger partial charge in [-0.15, -0.1) is 0 Å². The third-order valence-electron chi connectivity index (χ3n) is 4.70. The molecule has 0 aliphatic heterocycles. The van der Waals surface area contributed by atoms with Gasteiger partial charge in [-0.1, -0.05) is 43.3 Å². The fraction of sp³-hybridized carbons (Fsp3) is 0.167. The predicted octanol–water partition coefficient (Wildman–Crippen LogP) is 4.68. The third kappa shape index (κ3) is 6.20. The van der Waals surface area contributed by atoms with E-state index >= 15 is 0 Å². The fourth-order valence-corrected chi connectivity index (χ4v) is 3.02. The summed E-state index contributed by atoms with van der Waals surface area (Å²) in [7, 11) is 0. The van der Waals surface area contributed by atoms with Crippen LogP contribution >= 0.6 is 0 Å². The summed E-state index contributed by atoms with van der Waals surface area (Å²) < 4.78 is 27.4. The summed E-state index contributed by atoms with van der Waals surface area (Å²) in [6.45, 7) is 2.87. The van der Waals surface area contributed by atoms with Crippen molar-refractivity contribution < 1.29 is 18.4 Å². The van der Waals surface area contributed by atoms with Crippen LogP contribution in [-0.2, 0) is 11.3 Å². The Morgan fingerprint density at radius 2 is 1.48 bits per heavy atom. The number of para-hydroxylation sites is 2. The zero-order chi connectivity index (χ0) is 22.2. The van der Waals surface area contributed by atoms with Crippen LogP contribution in [0.25, 0.3) is 0 Å². The van der Waals surface area contributed by atoms with E-state index in [4.69, 9.17) is 0 Å². The molecule has 0 aliphatic rings. The highest BCUT2D eigenvalue weighted by atomic mass is 19.1. The van der Waals surface area contributed by atoms with Gasteiger partial charge in [0.1, 0.15) is 17.3 Å². The van der Waals surface area contributed by atoms with Crippen molar-refractivity contribution in [3.63, 3.8) is 0 Å². The number of hydrogen-bond acceptors (Lipinski definition) is 3. The molecule has 0 unspecified atom stereocenters. The van der Waals surface area contributed by atoms with Gasteiger partial charge in [0.2, 0.25) is 5.91 Å². The van der Waals surface area contributed by atoms with E-state index in [9.17, 15) is 18.4 Å². The monoisotopic (exact) mass is 423 g/mol. The zero-order valence-electron chi connectivity index (χ0n) is 17.1. The zero-order valence-corrected chi connectivity index (χ0v) is 17.1. The molecule has 0 atom stereocenters. The lowest BCUT2D eigenvalue weighted by atomic mass is 10.1. The molecule has 0 saturated heterocycles. The molecule has 0 spiro atoms. The molecule has 0 aromatic heterocycles. The molecular formula is C24H23F2N3O2. The Morgan fingerprint density at radius 1 is 0.839 bits per heavy atom. The van der Waals surface area contributed by atoms with E-state index in [1.807, 2.05) is 54.3 Å². The van der Waals surface area contributed by atoms with Crippen molar-refractivity contribution in [3.05, 3.63) is 95.6 Å². The van der Waals surface area contributed by atoms with Crippen LogP contribution in [0.3, 0.4) is 0 Å². The highest BCUT2D eigenvalue weighted by molar-refractivity contribution is 6.04. The average Bonchev–Trinajstić information content (AvgIpc) is 2.77. The van der Waals surface area contributed by atoms with E-state index in [-0.39, 0.29) is 12.5 Å². The largest absolute Gasteiger partial charge is 0.322 e. The normalized spacial score (nSPS) is 10.7. The van der Waals surface area contributed by atoms with E-state index in [1.165, 1.54) is 6.07 Å². The number of carbonyl (C=O) groups is 2. The Kier molecular flexibility index (Phi) is 7.45. The van der Waals surface area contributed by atoms with Crippen LogP contribution in [0.4, 0.5) is 20.2 Å². The molecule has 3 rings (SSSR count). The number of carbonyl (C=O) groups excluding carboxylic acids is 2. The van der Waals surface area contributed by atoms with E-state index in [0.29, 0.717) is 24.3 Å². The molecule has 7 heteroatoms. The lowest BCUT2D eigenvalue weighted by Gasteiger charge is -2.20. The van der Waals surface area contributed by atoms with Crippen molar-refractivity contribution >= 4 is 23.2 Å². The topological polar surface area (TPSA) is 61.4 Å². The predicted molar refractivity (Wildman–Crippen MR) is 117 cm³/mol. The van der Waals surface area contributed by atoms with Crippen molar-refractivity contribution in [2.24, 2.45) is 0 Å². The van der Waals surface area contributed by atoms with Gasteiger partial charge in [-0.05, 0) is 48.5 Å². The first-order valence-electron chi connectivity index (χ1n) is 9.88. The first-order valence-corrected chi connectivity index (χ1v) is 9.88. The first kappa shape index (κ1) is 22.1. The van der Waals surface area contributed by atoms with Gasteiger partial charge < -0.3 is 10.6 Å². The molecule has 0 aliphatic carbocycles. The van der Waals surface area contributed by atoms with Gasteiger partial charge in [0.25, 0.3) is 5.91 Å². The summed E-state index contributed by atoms with van der Waals surface area (Å²) in [6, 6.07) is 19.7. The minimum absolute atomic E-state index is 0.0273. The summed E-state index contributed by atoms with van der Waals surface area (Å²) >= 11 is 0. The number of nitrogens with zero attached hydrogens (tertiary/aromatic N) is 1. The van der Waals surface area contributed by atoms with Crippen LogP contribution in [0.5, 0.6) is 0 Å². The summed E-state index contributed by atoms with van der Waals surface area (Å²) in [5, 5.41) is 5.12. The molecule has 0 heterocycles. The molecule has 0 bridgehead atoms. The van der Waals surface area contributed by atoms with Gasteiger partial charge in [-0.2, -0.15) is 0 Å². The minimum atomic E-state index is -0.819. The second kappa shape index (κ2) is 10.4. The first-order chi connectivity index (χ1) is 15.0. The third-order valence-corrected chi connectivity index (χ3v) is 4.70. The van der Waals surface area contributed by atoms with Crippen LogP contribution in [0.1, 0.15) is 22.8 Å². The lowest BCUT2D eigenvalue weighted by molar-refractivity contribution is -0.117. The molecule has 3 aromatic carbocycles. The Balaban J connectivity index is 1.57. The maximum Gasteiger partial charge on any atom is 0.255 e. The number of likely N-dealkylation sites (N-methyl/N-ethyl adjacent to an activating group) is 1. The quantitative estimate of drug-likeness (QED) is 0.553. The molecule has 160 valence electrons. The lowest BCUT2D eigenvalue weighted by Crippen LogP contribution is -2.33. The van der Waals surface area contributed by atoms with Crippen molar-refractivity contribution in [3.8, 4) is 0 Å². The second-order valence-corrected chi connectivity index (χ2v) is 6.97. The van der Waals surface area contributed by atoms with Crippen LogP contribution in [0.15, 0.2) is 72.8 Å². The number of rotatable bonds is 8. The van der Waals surface area contributed by atoms with Gasteiger partial charge in [0.15, 0.2) is 0 Å². The van der Waals surface area contributed by atoms with Gasteiger partial charge in [0, 0.05) is 17.8 Å². The van der Waals surface area contributed by atoms with Gasteiger partial charge >= 0.3 is 0 Å². The summed E-state index contributed by atoms with van der Waals surface area (Å²) in [5.74, 6) is -2.36. The standard InChI is InChI=1S/C24H23F2N3O2/c1-2-29(16-22(30)28-23-20(25)9-6-10-21(23)26)15-17-11-13-18(14-12-17)24(31)27-19-7-4-3-5-8-19/h3-14H,2,15-16H2,1H3,(H,27,31)(H,28,30). The van der Waals surface area contributed by atoms with Crippen molar-refractivity contribution in [2.45, 2.75) is 13.5 Å². The number of amides is 2. The highest BCUT2D eigenvalue weighted by Gasteiger charge is 2.15. The molecular weight excluding hydrogens is 400 g/mol. The van der Waals surface area contributed by atoms with Crippen LogP contribution in [0.2, 0.25) is 0 Å². The molecule has 3 aromatic rings. The summed E-state index contributed by atoms with van der Waals surface area (Å²) in [6.07, 6.45) is 0. The molecule has 5 nitrogen and oxygen atoms in total. The molecule has 2 amide bonds. The molecule has 2 N–H and O–H groups in total. The van der Waals surface area contributed by atoms with Gasteiger partial charge in [-0.25, -0.2) is 8.78 Å². The SMILES string of the molecule is CCN(CC(=O)Nc1c(F)cccc1F)Cc1ccc(C(=O)Nc2ccccc2)cc1. The Morgan fingerprint density at radius 3 is 2.10 bits per heavy atom. The number of hydrogen-bond donors (Lipinski definition) is 2. The van der Waals surface area contributed by atoms with E-state index in [0.717, 1.165) is 17.7 Å². The number of anilines is 2. The fourth-order valence-electron chi connectivity index (χ4n) is 3.02. The molecule has 0 saturated carbocycles. The van der Waals surface area contributed by atoms with Crippen molar-refractivity contribution in [2.75, 3.05) is 23.7 Å². The van der Waals surface area contributed by atoms with Crippen molar-refractivity contribution in [1.29, 1.82) is 0 Å². The maximum atomic E-state index is 13.7. The smallest absolute Gasteiger partial charge is 0.255 e. The Hall–Kier alpha value is -3.58. The van der Waals surface area contributed by atoms with E-state index in [1.54, 1.807) is 12.1 Å². The Labute approximate surface area is 179 Å². The number of benzene rings is 3. The molecule has 0 fully saturated rings. The van der Waals surface area contributed by atoms with E-state index in [2.05, 4.69) is 10.6 Å². The maximum absolute atomic E-state index is 13.7. The minimum Gasteiger partial charge on any atom is -0.322 e. The summed E-state index contributed by atoms with van der Waals surface area (Å²) in [4.78, 5) is 26.4. The Bertz CT molecular complexity index is 1020. The van der Waals surface area contributed by atoms with Crippen LogP contribution < -0.4 is 10.6 Å². The summed E-state index contributed by atoms with van der Waals surface area (Å²) in [5.41, 5.74) is 1.69. The van der Waals surface area contributed by atoms with E-state index < -0.39 is 23.2 Å². The van der Waals surface area contributed by atoms with Crippen LogP contribution in [-0.4, -0.2) is 29.8 Å².